The molecule has 0 bridgehead atoms. The van der Waals surface area contributed by atoms with Gasteiger partial charge in [-0.15, -0.1) is 0 Å². The lowest BCUT2D eigenvalue weighted by Gasteiger charge is -2.17. The van der Waals surface area contributed by atoms with Crippen LogP contribution >= 0.6 is 0 Å². The Bertz CT molecular complexity index is 117. The van der Waals surface area contributed by atoms with Crippen LogP contribution in [0.2, 0.25) is 0 Å². The van der Waals surface area contributed by atoms with Crippen molar-refractivity contribution in [3.05, 3.63) is 0 Å². The summed E-state index contributed by atoms with van der Waals surface area (Å²) in [5.74, 6) is 0.743. The molecule has 1 aliphatic rings. The van der Waals surface area contributed by atoms with E-state index in [9.17, 15) is 5.11 Å². The minimum atomic E-state index is -0.243. The van der Waals surface area contributed by atoms with Crippen molar-refractivity contribution >= 4 is 0 Å². The molecule has 0 saturated heterocycles. The Kier molecular flexibility index (Phi) is 5.40. The predicted octanol–water partition coefficient (Wildman–Crippen LogP) is 2.35. The van der Waals surface area contributed by atoms with Crippen LogP contribution in [0.4, 0.5) is 0 Å². The van der Waals surface area contributed by atoms with Gasteiger partial charge in [0.25, 0.3) is 0 Å². The molecule has 0 spiro atoms. The molecule has 1 saturated carbocycles. The van der Waals surface area contributed by atoms with Gasteiger partial charge in [-0.05, 0) is 12.3 Å². The Hall–Kier alpha value is -0.0800. The van der Waals surface area contributed by atoms with Crippen LogP contribution in [0.3, 0.4) is 0 Å². The van der Waals surface area contributed by atoms with E-state index >= 15 is 0 Å². The van der Waals surface area contributed by atoms with E-state index < -0.39 is 0 Å². The van der Waals surface area contributed by atoms with Gasteiger partial charge in [-0.1, -0.05) is 38.5 Å². The van der Waals surface area contributed by atoms with E-state index in [1.54, 1.807) is 7.11 Å². The zero-order chi connectivity index (χ0) is 9.52. The fourth-order valence-corrected chi connectivity index (χ4v) is 2.24. The van der Waals surface area contributed by atoms with Gasteiger partial charge in [-0.3, -0.25) is 0 Å². The van der Waals surface area contributed by atoms with Crippen LogP contribution < -0.4 is 0 Å². The number of rotatable bonds is 4. The van der Waals surface area contributed by atoms with Crippen molar-refractivity contribution in [2.24, 2.45) is 5.92 Å². The first-order valence-electron chi connectivity index (χ1n) is 5.50. The van der Waals surface area contributed by atoms with Crippen LogP contribution in [0.1, 0.15) is 44.9 Å². The van der Waals surface area contributed by atoms with E-state index in [-0.39, 0.29) is 6.10 Å². The number of aliphatic hydroxyl groups is 1. The largest absolute Gasteiger partial charge is 0.391 e. The molecule has 1 rings (SSSR count). The Morgan fingerprint density at radius 2 is 1.85 bits per heavy atom. The highest BCUT2D eigenvalue weighted by atomic mass is 16.5. The molecular weight excluding hydrogens is 164 g/mol. The summed E-state index contributed by atoms with van der Waals surface area (Å²) in [5, 5.41) is 9.57. The van der Waals surface area contributed by atoms with Gasteiger partial charge in [0.2, 0.25) is 0 Å². The summed E-state index contributed by atoms with van der Waals surface area (Å²) in [4.78, 5) is 0. The second-order valence-corrected chi connectivity index (χ2v) is 4.20. The normalized spacial score (nSPS) is 22.6. The van der Waals surface area contributed by atoms with Gasteiger partial charge >= 0.3 is 0 Å². The van der Waals surface area contributed by atoms with Crippen LogP contribution in [0.25, 0.3) is 0 Å². The van der Waals surface area contributed by atoms with Gasteiger partial charge < -0.3 is 9.84 Å². The smallest absolute Gasteiger partial charge is 0.0776 e. The second-order valence-electron chi connectivity index (χ2n) is 4.20. The van der Waals surface area contributed by atoms with E-state index in [1.165, 1.54) is 38.5 Å². The van der Waals surface area contributed by atoms with E-state index in [0.717, 1.165) is 12.3 Å². The summed E-state index contributed by atoms with van der Waals surface area (Å²) in [7, 11) is 1.65. The summed E-state index contributed by atoms with van der Waals surface area (Å²) in [5.41, 5.74) is 0. The van der Waals surface area contributed by atoms with Gasteiger partial charge in [-0.25, -0.2) is 0 Å². The maximum Gasteiger partial charge on any atom is 0.0776 e. The zero-order valence-corrected chi connectivity index (χ0v) is 8.67. The van der Waals surface area contributed by atoms with Crippen LogP contribution in [-0.2, 0) is 4.74 Å². The van der Waals surface area contributed by atoms with E-state index in [4.69, 9.17) is 4.74 Å². The molecule has 1 unspecified atom stereocenters. The maximum atomic E-state index is 9.57. The van der Waals surface area contributed by atoms with Crippen LogP contribution in [0.15, 0.2) is 0 Å². The average molecular weight is 186 g/mol. The van der Waals surface area contributed by atoms with Crippen LogP contribution in [0, 0.1) is 5.92 Å². The van der Waals surface area contributed by atoms with Crippen molar-refractivity contribution in [2.75, 3.05) is 13.7 Å². The first-order valence-corrected chi connectivity index (χ1v) is 5.50. The quantitative estimate of drug-likeness (QED) is 0.683. The molecule has 0 heterocycles. The number of ether oxygens (including phenoxy) is 1. The minimum absolute atomic E-state index is 0.243. The van der Waals surface area contributed by atoms with Crippen LogP contribution in [0.5, 0.6) is 0 Å². The van der Waals surface area contributed by atoms with E-state index in [2.05, 4.69) is 0 Å². The summed E-state index contributed by atoms with van der Waals surface area (Å²) < 4.78 is 4.93. The number of methoxy groups -OCH3 is 1. The summed E-state index contributed by atoms with van der Waals surface area (Å²) in [6.45, 7) is 0.497. The van der Waals surface area contributed by atoms with Crippen LogP contribution in [-0.4, -0.2) is 24.9 Å². The standard InChI is InChI=1S/C11H22O2/c1-13-9-11(12)8-10-6-4-2-3-5-7-10/h10-12H,2-9H2,1H3. The molecule has 1 aliphatic carbocycles. The fourth-order valence-electron chi connectivity index (χ4n) is 2.24. The van der Waals surface area contributed by atoms with Gasteiger partial charge in [-0.2, -0.15) is 0 Å². The summed E-state index contributed by atoms with van der Waals surface area (Å²) in [6.07, 6.45) is 8.78. The molecule has 78 valence electrons. The van der Waals surface area contributed by atoms with Gasteiger partial charge in [0, 0.05) is 7.11 Å². The topological polar surface area (TPSA) is 29.5 Å². The van der Waals surface area contributed by atoms with Gasteiger partial charge in [0.1, 0.15) is 0 Å². The molecule has 1 atom stereocenters. The molecule has 2 heteroatoms. The molecule has 0 aromatic rings. The number of aliphatic hydroxyl groups excluding tert-OH is 1. The van der Waals surface area contributed by atoms with Crippen molar-refractivity contribution in [2.45, 2.75) is 51.0 Å². The van der Waals surface area contributed by atoms with Gasteiger partial charge in [0.05, 0.1) is 12.7 Å². The SMILES string of the molecule is COCC(O)CC1CCCCCC1. The molecule has 1 N–H and O–H groups in total. The molecule has 0 aromatic carbocycles. The molecule has 0 amide bonds. The lowest BCUT2D eigenvalue weighted by molar-refractivity contribution is 0.0466. The van der Waals surface area contributed by atoms with Crippen molar-refractivity contribution in [3.63, 3.8) is 0 Å². The molecule has 2 nitrogen and oxygen atoms in total. The highest BCUT2D eigenvalue weighted by Gasteiger charge is 2.16. The summed E-state index contributed by atoms with van der Waals surface area (Å²) in [6, 6.07) is 0. The molecular formula is C11H22O2. The highest BCUT2D eigenvalue weighted by molar-refractivity contribution is 4.68. The van der Waals surface area contributed by atoms with Gasteiger partial charge in [0.15, 0.2) is 0 Å². The third kappa shape index (κ3) is 4.63. The molecule has 1 fully saturated rings. The average Bonchev–Trinajstić information content (AvgIpc) is 2.33. The number of hydrogen-bond donors (Lipinski definition) is 1. The molecule has 0 aliphatic heterocycles. The molecule has 0 aromatic heterocycles. The summed E-state index contributed by atoms with van der Waals surface area (Å²) >= 11 is 0. The van der Waals surface area contributed by atoms with Crippen molar-refractivity contribution < 1.29 is 9.84 Å². The Morgan fingerprint density at radius 3 is 2.38 bits per heavy atom. The Morgan fingerprint density at radius 1 is 1.23 bits per heavy atom. The minimum Gasteiger partial charge on any atom is -0.391 e. The van der Waals surface area contributed by atoms with E-state index in [0.29, 0.717) is 6.61 Å². The number of hydrogen-bond acceptors (Lipinski definition) is 2. The second kappa shape index (κ2) is 6.39. The predicted molar refractivity (Wildman–Crippen MR) is 53.7 cm³/mol. The fraction of sp³-hybridized carbons (Fsp3) is 1.00. The van der Waals surface area contributed by atoms with Crippen molar-refractivity contribution in [3.8, 4) is 0 Å². The monoisotopic (exact) mass is 186 g/mol. The molecule has 0 radical (unpaired) electrons. The Balaban J connectivity index is 2.17. The lowest BCUT2D eigenvalue weighted by Crippen LogP contribution is -2.18. The van der Waals surface area contributed by atoms with Crippen molar-refractivity contribution in [1.82, 2.24) is 0 Å². The Labute approximate surface area is 81.3 Å². The third-order valence-electron chi connectivity index (χ3n) is 2.94. The zero-order valence-electron chi connectivity index (χ0n) is 8.67. The highest BCUT2D eigenvalue weighted by Crippen LogP contribution is 2.26. The first-order chi connectivity index (χ1) is 6.33. The first kappa shape index (κ1) is 11.0. The molecule has 13 heavy (non-hydrogen) atoms. The van der Waals surface area contributed by atoms with Crippen molar-refractivity contribution in [1.29, 1.82) is 0 Å². The lowest BCUT2D eigenvalue weighted by atomic mass is 9.94. The third-order valence-corrected chi connectivity index (χ3v) is 2.94. The maximum absolute atomic E-state index is 9.57. The van der Waals surface area contributed by atoms with E-state index in [1.807, 2.05) is 0 Å².